The molecule has 0 amide bonds. The van der Waals surface area contributed by atoms with Gasteiger partial charge in [-0.2, -0.15) is 20.1 Å². The van der Waals surface area contributed by atoms with Gasteiger partial charge in [-0.15, -0.1) is 0 Å². The summed E-state index contributed by atoms with van der Waals surface area (Å²) in [5.41, 5.74) is 2.17. The Morgan fingerprint density at radius 1 is 1.05 bits per heavy atom. The van der Waals surface area contributed by atoms with Gasteiger partial charge in [0.15, 0.2) is 5.82 Å². The lowest BCUT2D eigenvalue weighted by atomic mass is 10.0. The highest BCUT2D eigenvalue weighted by Crippen LogP contribution is 2.21. The molecule has 0 aliphatic rings. The zero-order valence-corrected chi connectivity index (χ0v) is 12.5. The summed E-state index contributed by atoms with van der Waals surface area (Å²) in [6, 6.07) is 9.94. The maximum absolute atomic E-state index is 6.00. The third kappa shape index (κ3) is 2.92. The SMILES string of the molecule is CC(C)c1ccc(-c2nc(Cl)nc(-n3cccn3)n2)cc1. The standard InChI is InChI=1S/C15H14ClN5/c1-10(2)11-4-6-12(7-5-11)13-18-14(16)20-15(19-13)21-9-3-8-17-21/h3-10H,1-2H3. The highest BCUT2D eigenvalue weighted by Gasteiger charge is 2.09. The Kier molecular flexibility index (Phi) is 3.66. The van der Waals surface area contributed by atoms with Gasteiger partial charge in [0.2, 0.25) is 5.28 Å². The van der Waals surface area contributed by atoms with E-state index in [1.54, 1.807) is 23.1 Å². The molecular formula is C15H14ClN5. The molecule has 3 rings (SSSR count). The molecule has 0 N–H and O–H groups in total. The van der Waals surface area contributed by atoms with Gasteiger partial charge in [-0.1, -0.05) is 38.1 Å². The summed E-state index contributed by atoms with van der Waals surface area (Å²) in [4.78, 5) is 12.7. The van der Waals surface area contributed by atoms with Crippen LogP contribution in [0.3, 0.4) is 0 Å². The number of aromatic nitrogens is 5. The molecule has 106 valence electrons. The average molecular weight is 300 g/mol. The fourth-order valence-electron chi connectivity index (χ4n) is 1.98. The van der Waals surface area contributed by atoms with E-state index >= 15 is 0 Å². The van der Waals surface area contributed by atoms with Crippen LogP contribution >= 0.6 is 11.6 Å². The van der Waals surface area contributed by atoms with Crippen LogP contribution in [-0.4, -0.2) is 24.7 Å². The first-order chi connectivity index (χ1) is 10.1. The molecule has 0 spiro atoms. The van der Waals surface area contributed by atoms with Gasteiger partial charge in [-0.3, -0.25) is 0 Å². The molecule has 0 atom stereocenters. The van der Waals surface area contributed by atoms with Crippen LogP contribution in [0.2, 0.25) is 5.28 Å². The van der Waals surface area contributed by atoms with Gasteiger partial charge in [0.05, 0.1) is 0 Å². The molecule has 3 aromatic rings. The predicted octanol–water partition coefficient (Wildman–Crippen LogP) is 3.50. The zero-order chi connectivity index (χ0) is 14.8. The van der Waals surface area contributed by atoms with E-state index in [0.717, 1.165) is 5.56 Å². The van der Waals surface area contributed by atoms with Gasteiger partial charge in [-0.25, -0.2) is 4.68 Å². The van der Waals surface area contributed by atoms with Crippen molar-refractivity contribution >= 4 is 11.6 Å². The predicted molar refractivity (Wildman–Crippen MR) is 81.5 cm³/mol. The number of nitrogens with zero attached hydrogens (tertiary/aromatic N) is 5. The second-order valence-corrected chi connectivity index (χ2v) is 5.29. The molecule has 0 bridgehead atoms. The Morgan fingerprint density at radius 2 is 1.81 bits per heavy atom. The minimum absolute atomic E-state index is 0.151. The van der Waals surface area contributed by atoms with Crippen molar-refractivity contribution in [2.75, 3.05) is 0 Å². The van der Waals surface area contributed by atoms with Crippen LogP contribution in [0.1, 0.15) is 25.3 Å². The number of hydrogen-bond acceptors (Lipinski definition) is 4. The van der Waals surface area contributed by atoms with E-state index in [1.165, 1.54) is 5.56 Å². The summed E-state index contributed by atoms with van der Waals surface area (Å²) in [6.07, 6.45) is 3.42. The molecule has 0 fully saturated rings. The molecule has 0 radical (unpaired) electrons. The van der Waals surface area contributed by atoms with Crippen molar-refractivity contribution in [2.45, 2.75) is 19.8 Å². The van der Waals surface area contributed by atoms with Crippen LogP contribution in [0.25, 0.3) is 17.3 Å². The molecule has 0 unspecified atom stereocenters. The monoisotopic (exact) mass is 299 g/mol. The molecule has 5 nitrogen and oxygen atoms in total. The van der Waals surface area contributed by atoms with Crippen LogP contribution < -0.4 is 0 Å². The minimum atomic E-state index is 0.151. The Bertz CT molecular complexity index is 735. The molecule has 6 heteroatoms. The van der Waals surface area contributed by atoms with Gasteiger partial charge in [0.25, 0.3) is 5.95 Å². The topological polar surface area (TPSA) is 56.5 Å². The Morgan fingerprint density at radius 3 is 2.43 bits per heavy atom. The molecule has 2 heterocycles. The lowest BCUT2D eigenvalue weighted by Gasteiger charge is -2.07. The Hall–Kier alpha value is -2.27. The lowest BCUT2D eigenvalue weighted by molar-refractivity contribution is 0.797. The second-order valence-electron chi connectivity index (χ2n) is 4.96. The number of hydrogen-bond donors (Lipinski definition) is 0. The minimum Gasteiger partial charge on any atom is -0.206 e. The smallest absolute Gasteiger partial charge is 0.206 e. The summed E-state index contributed by atoms with van der Waals surface area (Å²) in [5, 5.41) is 4.26. The molecule has 0 aliphatic carbocycles. The number of halogens is 1. The highest BCUT2D eigenvalue weighted by molar-refractivity contribution is 6.28. The van der Waals surface area contributed by atoms with Crippen LogP contribution in [0, 0.1) is 0 Å². The van der Waals surface area contributed by atoms with Gasteiger partial charge in [0.1, 0.15) is 0 Å². The van der Waals surface area contributed by atoms with Crippen molar-refractivity contribution in [1.82, 2.24) is 24.7 Å². The van der Waals surface area contributed by atoms with E-state index in [0.29, 0.717) is 17.7 Å². The van der Waals surface area contributed by atoms with E-state index in [1.807, 2.05) is 12.1 Å². The van der Waals surface area contributed by atoms with Crippen molar-refractivity contribution in [3.8, 4) is 17.3 Å². The van der Waals surface area contributed by atoms with E-state index in [9.17, 15) is 0 Å². The largest absolute Gasteiger partial charge is 0.255 e. The first kappa shape index (κ1) is 13.7. The van der Waals surface area contributed by atoms with E-state index < -0.39 is 0 Å². The van der Waals surface area contributed by atoms with Crippen molar-refractivity contribution in [1.29, 1.82) is 0 Å². The molecule has 21 heavy (non-hydrogen) atoms. The lowest BCUT2D eigenvalue weighted by Crippen LogP contribution is -2.05. The molecule has 0 saturated carbocycles. The van der Waals surface area contributed by atoms with E-state index in [2.05, 4.69) is 46.0 Å². The quantitative estimate of drug-likeness (QED) is 0.742. The van der Waals surface area contributed by atoms with Crippen molar-refractivity contribution in [3.63, 3.8) is 0 Å². The summed E-state index contributed by atoms with van der Waals surface area (Å²) in [6.45, 7) is 4.31. The third-order valence-electron chi connectivity index (χ3n) is 3.14. The molecule has 0 saturated heterocycles. The van der Waals surface area contributed by atoms with Gasteiger partial charge < -0.3 is 0 Å². The maximum atomic E-state index is 6.00. The molecule has 1 aromatic carbocycles. The Labute approximate surface area is 127 Å². The van der Waals surface area contributed by atoms with Crippen molar-refractivity contribution < 1.29 is 0 Å². The highest BCUT2D eigenvalue weighted by atomic mass is 35.5. The van der Waals surface area contributed by atoms with Crippen LogP contribution in [0.5, 0.6) is 0 Å². The zero-order valence-electron chi connectivity index (χ0n) is 11.7. The van der Waals surface area contributed by atoms with Crippen LogP contribution in [0.4, 0.5) is 0 Å². The third-order valence-corrected chi connectivity index (χ3v) is 3.31. The fraction of sp³-hybridized carbons (Fsp3) is 0.200. The van der Waals surface area contributed by atoms with Crippen LogP contribution in [-0.2, 0) is 0 Å². The molecule has 0 aliphatic heterocycles. The number of rotatable bonds is 3. The van der Waals surface area contributed by atoms with Crippen molar-refractivity contribution in [3.05, 3.63) is 53.6 Å². The van der Waals surface area contributed by atoms with Gasteiger partial charge in [-0.05, 0) is 29.1 Å². The number of benzene rings is 1. The van der Waals surface area contributed by atoms with Crippen LogP contribution in [0.15, 0.2) is 42.7 Å². The van der Waals surface area contributed by atoms with E-state index in [4.69, 9.17) is 11.6 Å². The van der Waals surface area contributed by atoms with E-state index in [-0.39, 0.29) is 5.28 Å². The summed E-state index contributed by atoms with van der Waals surface area (Å²) in [7, 11) is 0. The normalized spacial score (nSPS) is 11.0. The maximum Gasteiger partial charge on any atom is 0.255 e. The first-order valence-corrected chi connectivity index (χ1v) is 7.03. The first-order valence-electron chi connectivity index (χ1n) is 6.65. The Balaban J connectivity index is 2.02. The summed E-state index contributed by atoms with van der Waals surface area (Å²) < 4.78 is 1.56. The van der Waals surface area contributed by atoms with Gasteiger partial charge >= 0.3 is 0 Å². The summed E-state index contributed by atoms with van der Waals surface area (Å²) in [5.74, 6) is 1.43. The molecule has 2 aromatic heterocycles. The van der Waals surface area contributed by atoms with Crippen molar-refractivity contribution in [2.24, 2.45) is 0 Å². The molecular weight excluding hydrogens is 286 g/mol. The summed E-state index contributed by atoms with van der Waals surface area (Å²) >= 11 is 6.00. The fourth-order valence-corrected chi connectivity index (χ4v) is 2.13. The van der Waals surface area contributed by atoms with Gasteiger partial charge in [0, 0.05) is 18.0 Å². The average Bonchev–Trinajstić information content (AvgIpc) is 3.01. The second kappa shape index (κ2) is 5.61.